The number of hydrogen-bond donors (Lipinski definition) is 0. The Hall–Kier alpha value is -3.80. The van der Waals surface area contributed by atoms with Gasteiger partial charge in [0.15, 0.2) is 0 Å². The molecule has 0 radical (unpaired) electrons. The predicted octanol–water partition coefficient (Wildman–Crippen LogP) is 3.85. The number of carbonyl (C=O) groups is 1. The summed E-state index contributed by atoms with van der Waals surface area (Å²) in [4.78, 5) is 34.7. The van der Waals surface area contributed by atoms with E-state index < -0.39 is 5.97 Å². The minimum Gasteiger partial charge on any atom is -0.465 e. The van der Waals surface area contributed by atoms with Crippen LogP contribution in [-0.2, 0) is 4.74 Å². The first-order valence-corrected chi connectivity index (χ1v) is 9.13. The number of fused-ring (bicyclic) bond motifs is 1. The summed E-state index contributed by atoms with van der Waals surface area (Å²) in [7, 11) is 1.32. The van der Waals surface area contributed by atoms with Gasteiger partial charge < -0.3 is 4.74 Å². The van der Waals surface area contributed by atoms with Crippen molar-refractivity contribution >= 4 is 16.9 Å². The van der Waals surface area contributed by atoms with Crippen LogP contribution >= 0.6 is 0 Å². The van der Waals surface area contributed by atoms with E-state index in [0.29, 0.717) is 33.4 Å². The number of aryl methyl sites for hydroxylation is 2. The zero-order valence-corrected chi connectivity index (χ0v) is 16.3. The molecular formula is C23H19N3O3. The summed E-state index contributed by atoms with van der Waals surface area (Å²) >= 11 is 0. The minimum absolute atomic E-state index is 0.262. The molecule has 0 bridgehead atoms. The molecule has 3 aromatic heterocycles. The Morgan fingerprint density at radius 3 is 2.34 bits per heavy atom. The second-order valence-corrected chi connectivity index (χ2v) is 6.76. The van der Waals surface area contributed by atoms with Crippen molar-refractivity contribution in [3.05, 3.63) is 88.2 Å². The van der Waals surface area contributed by atoms with Crippen LogP contribution in [0.3, 0.4) is 0 Å². The fourth-order valence-electron chi connectivity index (χ4n) is 3.47. The van der Waals surface area contributed by atoms with E-state index in [1.165, 1.54) is 11.7 Å². The van der Waals surface area contributed by atoms with Gasteiger partial charge in [-0.1, -0.05) is 29.8 Å². The monoisotopic (exact) mass is 385 g/mol. The standard InChI is InChI=1S/C23H19N3O3/c1-14-4-6-16(7-5-14)20-19(23(28)29-3)15(2)25-18-10-13-26(22(27)21(18)20)17-8-11-24-12-9-17/h4-13H,1-3H3. The number of aromatic nitrogens is 3. The van der Waals surface area contributed by atoms with Crippen LogP contribution in [0.2, 0.25) is 0 Å². The summed E-state index contributed by atoms with van der Waals surface area (Å²) < 4.78 is 6.54. The summed E-state index contributed by atoms with van der Waals surface area (Å²) in [6, 6.07) is 13.0. The maximum Gasteiger partial charge on any atom is 0.340 e. The highest BCUT2D eigenvalue weighted by atomic mass is 16.5. The summed E-state index contributed by atoms with van der Waals surface area (Å²) in [6.07, 6.45) is 4.93. The van der Waals surface area contributed by atoms with Gasteiger partial charge >= 0.3 is 5.97 Å². The van der Waals surface area contributed by atoms with Crippen molar-refractivity contribution in [1.29, 1.82) is 0 Å². The van der Waals surface area contributed by atoms with Crippen LogP contribution < -0.4 is 5.56 Å². The van der Waals surface area contributed by atoms with Gasteiger partial charge in [0.05, 0.1) is 35.0 Å². The van der Waals surface area contributed by atoms with Gasteiger partial charge in [-0.05, 0) is 37.6 Å². The molecule has 0 aliphatic heterocycles. The minimum atomic E-state index is -0.522. The summed E-state index contributed by atoms with van der Waals surface area (Å²) in [5.74, 6) is -0.522. The van der Waals surface area contributed by atoms with E-state index in [-0.39, 0.29) is 5.56 Å². The lowest BCUT2D eigenvalue weighted by molar-refractivity contribution is 0.0600. The third-order valence-corrected chi connectivity index (χ3v) is 4.89. The number of hydrogen-bond acceptors (Lipinski definition) is 5. The second-order valence-electron chi connectivity index (χ2n) is 6.76. The number of rotatable bonds is 3. The lowest BCUT2D eigenvalue weighted by Gasteiger charge is -2.15. The number of nitrogens with zero attached hydrogens (tertiary/aromatic N) is 3. The Kier molecular flexibility index (Phi) is 4.68. The third kappa shape index (κ3) is 3.18. The fraction of sp³-hybridized carbons (Fsp3) is 0.130. The number of pyridine rings is 3. The molecule has 0 saturated heterocycles. The van der Waals surface area contributed by atoms with Crippen molar-refractivity contribution in [2.75, 3.05) is 7.11 Å². The Morgan fingerprint density at radius 1 is 1.00 bits per heavy atom. The lowest BCUT2D eigenvalue weighted by atomic mass is 9.94. The Labute approximate surface area is 167 Å². The Balaban J connectivity index is 2.16. The maximum atomic E-state index is 13.5. The molecule has 0 aliphatic carbocycles. The molecule has 0 fully saturated rings. The van der Waals surface area contributed by atoms with Crippen molar-refractivity contribution in [1.82, 2.24) is 14.5 Å². The van der Waals surface area contributed by atoms with E-state index in [0.717, 1.165) is 11.1 Å². The number of ether oxygens (including phenoxy) is 1. The first-order valence-electron chi connectivity index (χ1n) is 9.13. The van der Waals surface area contributed by atoms with Crippen molar-refractivity contribution < 1.29 is 9.53 Å². The number of methoxy groups -OCH3 is 1. The molecule has 4 rings (SSSR count). The topological polar surface area (TPSA) is 74.1 Å². The molecule has 4 aromatic rings. The quantitative estimate of drug-likeness (QED) is 0.501. The highest BCUT2D eigenvalue weighted by Gasteiger charge is 2.23. The Morgan fingerprint density at radius 2 is 1.69 bits per heavy atom. The molecule has 0 N–H and O–H groups in total. The lowest BCUT2D eigenvalue weighted by Crippen LogP contribution is -2.20. The van der Waals surface area contributed by atoms with E-state index in [9.17, 15) is 9.59 Å². The molecule has 1 aromatic carbocycles. The van der Waals surface area contributed by atoms with Crippen LogP contribution in [0.25, 0.3) is 27.7 Å². The van der Waals surface area contributed by atoms with Gasteiger partial charge in [0, 0.05) is 24.2 Å². The summed E-state index contributed by atoms with van der Waals surface area (Å²) in [5, 5.41) is 0.374. The van der Waals surface area contributed by atoms with E-state index in [1.807, 2.05) is 31.2 Å². The molecule has 6 nitrogen and oxygen atoms in total. The van der Waals surface area contributed by atoms with Crippen molar-refractivity contribution in [2.45, 2.75) is 13.8 Å². The largest absolute Gasteiger partial charge is 0.465 e. The molecule has 29 heavy (non-hydrogen) atoms. The van der Waals surface area contributed by atoms with Gasteiger partial charge in [-0.25, -0.2) is 4.79 Å². The molecule has 0 saturated carbocycles. The second kappa shape index (κ2) is 7.31. The molecule has 3 heterocycles. The average Bonchev–Trinajstić information content (AvgIpc) is 2.74. The van der Waals surface area contributed by atoms with Crippen LogP contribution in [0.4, 0.5) is 0 Å². The molecule has 0 amide bonds. The van der Waals surface area contributed by atoms with Gasteiger partial charge in [0.25, 0.3) is 5.56 Å². The normalized spacial score (nSPS) is 10.9. The molecule has 144 valence electrons. The van der Waals surface area contributed by atoms with Crippen LogP contribution in [0.15, 0.2) is 65.8 Å². The third-order valence-electron chi connectivity index (χ3n) is 4.89. The molecule has 0 unspecified atom stereocenters. The van der Waals surface area contributed by atoms with E-state index in [4.69, 9.17) is 4.74 Å². The first kappa shape index (κ1) is 18.6. The molecular weight excluding hydrogens is 366 g/mol. The van der Waals surface area contributed by atoms with E-state index in [2.05, 4.69) is 9.97 Å². The fourth-order valence-corrected chi connectivity index (χ4v) is 3.47. The van der Waals surface area contributed by atoms with E-state index >= 15 is 0 Å². The Bertz CT molecular complexity index is 1280. The van der Waals surface area contributed by atoms with Crippen LogP contribution in [-0.4, -0.2) is 27.6 Å². The molecule has 6 heteroatoms. The van der Waals surface area contributed by atoms with Crippen molar-refractivity contribution in [2.24, 2.45) is 0 Å². The first-order chi connectivity index (χ1) is 14.0. The van der Waals surface area contributed by atoms with Crippen molar-refractivity contribution in [3.63, 3.8) is 0 Å². The van der Waals surface area contributed by atoms with Gasteiger partial charge in [-0.3, -0.25) is 19.3 Å². The summed E-state index contributed by atoms with van der Waals surface area (Å²) in [6.45, 7) is 3.73. The smallest absolute Gasteiger partial charge is 0.340 e. The van der Waals surface area contributed by atoms with Crippen LogP contribution in [0, 0.1) is 13.8 Å². The van der Waals surface area contributed by atoms with Gasteiger partial charge in [-0.15, -0.1) is 0 Å². The number of benzene rings is 1. The van der Waals surface area contributed by atoms with Crippen molar-refractivity contribution in [3.8, 4) is 16.8 Å². The van der Waals surface area contributed by atoms with E-state index in [1.54, 1.807) is 43.7 Å². The molecule has 0 spiro atoms. The van der Waals surface area contributed by atoms with Gasteiger partial charge in [0.2, 0.25) is 0 Å². The highest BCUT2D eigenvalue weighted by molar-refractivity contribution is 6.07. The SMILES string of the molecule is COC(=O)c1c(C)nc2ccn(-c3ccncc3)c(=O)c2c1-c1ccc(C)cc1. The average molecular weight is 385 g/mol. The highest BCUT2D eigenvalue weighted by Crippen LogP contribution is 2.32. The van der Waals surface area contributed by atoms with Gasteiger partial charge in [0.1, 0.15) is 0 Å². The number of carbonyl (C=O) groups excluding carboxylic acids is 1. The van der Waals surface area contributed by atoms with Crippen LogP contribution in [0.5, 0.6) is 0 Å². The maximum absolute atomic E-state index is 13.5. The van der Waals surface area contributed by atoms with Gasteiger partial charge in [-0.2, -0.15) is 0 Å². The van der Waals surface area contributed by atoms with Crippen LogP contribution in [0.1, 0.15) is 21.6 Å². The summed E-state index contributed by atoms with van der Waals surface area (Å²) in [5.41, 5.74) is 4.14. The predicted molar refractivity (Wildman–Crippen MR) is 111 cm³/mol. The molecule has 0 atom stereocenters. The number of esters is 1. The zero-order chi connectivity index (χ0) is 20.5. The zero-order valence-electron chi connectivity index (χ0n) is 16.3. The molecule has 0 aliphatic rings.